The van der Waals surface area contributed by atoms with Crippen molar-refractivity contribution in [3.05, 3.63) is 59.2 Å². The lowest BCUT2D eigenvalue weighted by molar-refractivity contribution is 0.0474. The zero-order chi connectivity index (χ0) is 23.3. The fourth-order valence-electron chi connectivity index (χ4n) is 3.78. The molecule has 0 saturated carbocycles. The Labute approximate surface area is 189 Å². The second kappa shape index (κ2) is 10.3. The Balaban J connectivity index is 1.77. The zero-order valence-corrected chi connectivity index (χ0v) is 19.5. The second-order valence-electron chi connectivity index (χ2n) is 7.88. The van der Waals surface area contributed by atoms with Crippen molar-refractivity contribution in [3.63, 3.8) is 0 Å². The van der Waals surface area contributed by atoms with Gasteiger partial charge in [-0.1, -0.05) is 37.6 Å². The first-order valence-electron chi connectivity index (χ1n) is 10.8. The molecule has 8 heteroatoms. The molecular formula is C24H29NO6S. The van der Waals surface area contributed by atoms with Gasteiger partial charge in [0.05, 0.1) is 12.7 Å². The second-order valence-corrected chi connectivity index (χ2v) is 9.73. The topological polar surface area (TPSA) is 90.0 Å². The monoisotopic (exact) mass is 459 g/mol. The number of nitrogens with zero attached hydrogens (tertiary/aromatic N) is 1. The van der Waals surface area contributed by atoms with Crippen molar-refractivity contribution in [2.45, 2.75) is 50.5 Å². The summed E-state index contributed by atoms with van der Waals surface area (Å²) in [7, 11) is -2.47. The number of carbonyl (C=O) groups excluding carboxylic acids is 2. The summed E-state index contributed by atoms with van der Waals surface area (Å²) in [6.45, 7) is 3.89. The maximum Gasteiger partial charge on any atom is 0.338 e. The molecule has 1 aliphatic heterocycles. The van der Waals surface area contributed by atoms with Crippen LogP contribution < -0.4 is 4.74 Å². The number of ketones is 1. The summed E-state index contributed by atoms with van der Waals surface area (Å²) in [4.78, 5) is 24.8. The van der Waals surface area contributed by atoms with Crippen LogP contribution in [0.4, 0.5) is 0 Å². The average molecular weight is 460 g/mol. The summed E-state index contributed by atoms with van der Waals surface area (Å²) in [5.74, 6) is -0.940. The van der Waals surface area contributed by atoms with Gasteiger partial charge in [0.25, 0.3) is 0 Å². The molecule has 172 valence electrons. The largest absolute Gasteiger partial charge is 0.495 e. The Morgan fingerprint density at radius 3 is 2.38 bits per heavy atom. The highest BCUT2D eigenvalue weighted by Crippen LogP contribution is 2.31. The summed E-state index contributed by atoms with van der Waals surface area (Å²) < 4.78 is 38.5. The number of sulfonamides is 1. The van der Waals surface area contributed by atoms with Crippen molar-refractivity contribution in [3.8, 4) is 5.75 Å². The molecule has 0 N–H and O–H groups in total. The Kier molecular flexibility index (Phi) is 7.69. The Morgan fingerprint density at radius 1 is 1.06 bits per heavy atom. The fourth-order valence-corrected chi connectivity index (χ4v) is 5.67. The SMILES string of the molecule is CCc1ccc(C(=O)COC(=O)c2ccc(OC)c(S(=O)(=O)N3CCCC[C@@H]3C)c2)cc1. The van der Waals surface area contributed by atoms with Gasteiger partial charge in [0.1, 0.15) is 10.6 Å². The van der Waals surface area contributed by atoms with Crippen molar-refractivity contribution in [1.29, 1.82) is 0 Å². The molecule has 0 spiro atoms. The van der Waals surface area contributed by atoms with E-state index in [-0.39, 0.29) is 28.0 Å². The Morgan fingerprint density at radius 2 is 1.75 bits per heavy atom. The van der Waals surface area contributed by atoms with E-state index in [9.17, 15) is 18.0 Å². The normalized spacial score (nSPS) is 17.0. The van der Waals surface area contributed by atoms with Gasteiger partial charge >= 0.3 is 5.97 Å². The number of Topliss-reactive ketones (excluding diaryl/α,β-unsaturated/α-hetero) is 1. The van der Waals surface area contributed by atoms with Crippen LogP contribution in [0.5, 0.6) is 5.75 Å². The molecule has 0 unspecified atom stereocenters. The molecule has 32 heavy (non-hydrogen) atoms. The van der Waals surface area contributed by atoms with Crippen molar-refractivity contribution in [1.82, 2.24) is 4.31 Å². The number of ether oxygens (including phenoxy) is 2. The van der Waals surface area contributed by atoms with Gasteiger partial charge in [-0.15, -0.1) is 0 Å². The highest BCUT2D eigenvalue weighted by Gasteiger charge is 2.33. The standard InChI is InChI=1S/C24H29NO6S/c1-4-18-8-10-19(11-9-18)21(26)16-31-24(27)20-12-13-22(30-3)23(15-20)32(28,29)25-14-6-5-7-17(25)2/h8-13,15,17H,4-7,14,16H2,1-3H3/t17-/m0/s1. The first-order valence-corrected chi connectivity index (χ1v) is 12.2. The van der Waals surface area contributed by atoms with E-state index < -0.39 is 22.6 Å². The van der Waals surface area contributed by atoms with Gasteiger partial charge in [0, 0.05) is 18.2 Å². The third-order valence-corrected chi connectivity index (χ3v) is 7.78. The first-order chi connectivity index (χ1) is 15.3. The lowest BCUT2D eigenvalue weighted by atomic mass is 10.1. The van der Waals surface area contributed by atoms with Crippen LogP contribution >= 0.6 is 0 Å². The Bertz CT molecular complexity index is 1080. The summed E-state index contributed by atoms with van der Waals surface area (Å²) >= 11 is 0. The first kappa shape index (κ1) is 23.9. The number of rotatable bonds is 8. The number of carbonyl (C=O) groups is 2. The van der Waals surface area contributed by atoms with Gasteiger partial charge in [-0.2, -0.15) is 4.31 Å². The van der Waals surface area contributed by atoms with Crippen LogP contribution in [0, 0.1) is 0 Å². The van der Waals surface area contributed by atoms with E-state index in [1.165, 1.54) is 29.6 Å². The van der Waals surface area contributed by atoms with Gasteiger partial charge in [0.15, 0.2) is 12.4 Å². The minimum atomic E-state index is -3.86. The summed E-state index contributed by atoms with van der Waals surface area (Å²) in [6, 6.07) is 11.1. The van der Waals surface area contributed by atoms with Crippen LogP contribution in [0.2, 0.25) is 0 Å². The number of aryl methyl sites for hydroxylation is 1. The smallest absolute Gasteiger partial charge is 0.338 e. The van der Waals surface area contributed by atoms with Crippen LogP contribution in [0.25, 0.3) is 0 Å². The van der Waals surface area contributed by atoms with Crippen molar-refractivity contribution < 1.29 is 27.5 Å². The average Bonchev–Trinajstić information content (AvgIpc) is 2.82. The third-order valence-electron chi connectivity index (χ3n) is 5.75. The molecule has 1 fully saturated rings. The summed E-state index contributed by atoms with van der Waals surface area (Å²) in [5, 5.41) is 0. The maximum absolute atomic E-state index is 13.3. The lowest BCUT2D eigenvalue weighted by Crippen LogP contribution is -2.42. The fraction of sp³-hybridized carbons (Fsp3) is 0.417. The van der Waals surface area contributed by atoms with Crippen molar-refractivity contribution in [2.75, 3.05) is 20.3 Å². The van der Waals surface area contributed by atoms with Gasteiger partial charge in [0.2, 0.25) is 10.0 Å². The minimum absolute atomic E-state index is 0.0446. The van der Waals surface area contributed by atoms with E-state index >= 15 is 0 Å². The molecule has 1 saturated heterocycles. The molecule has 2 aromatic rings. The van der Waals surface area contributed by atoms with Crippen LogP contribution in [0.3, 0.4) is 0 Å². The van der Waals surface area contributed by atoms with Gasteiger partial charge in [-0.05, 0) is 49.9 Å². The van der Waals surface area contributed by atoms with E-state index in [4.69, 9.17) is 9.47 Å². The molecule has 7 nitrogen and oxygen atoms in total. The third kappa shape index (κ3) is 5.19. The van der Waals surface area contributed by atoms with E-state index in [1.807, 2.05) is 26.0 Å². The maximum atomic E-state index is 13.3. The number of hydrogen-bond acceptors (Lipinski definition) is 6. The van der Waals surface area contributed by atoms with Gasteiger partial charge in [-0.25, -0.2) is 13.2 Å². The van der Waals surface area contributed by atoms with Crippen molar-refractivity contribution in [2.24, 2.45) is 0 Å². The Hall–Kier alpha value is -2.71. The quantitative estimate of drug-likeness (QED) is 0.440. The van der Waals surface area contributed by atoms with E-state index in [2.05, 4.69) is 0 Å². The highest BCUT2D eigenvalue weighted by molar-refractivity contribution is 7.89. The molecule has 3 rings (SSSR count). The summed E-state index contributed by atoms with van der Waals surface area (Å²) in [6.07, 6.45) is 3.41. The molecule has 0 bridgehead atoms. The molecule has 0 amide bonds. The number of methoxy groups -OCH3 is 1. The molecule has 2 aromatic carbocycles. The van der Waals surface area contributed by atoms with E-state index in [1.54, 1.807) is 12.1 Å². The number of hydrogen-bond donors (Lipinski definition) is 0. The molecule has 1 aliphatic rings. The number of esters is 1. The highest BCUT2D eigenvalue weighted by atomic mass is 32.2. The molecule has 0 aromatic heterocycles. The van der Waals surface area contributed by atoms with Crippen LogP contribution in [0.1, 0.15) is 59.4 Å². The molecule has 1 atom stereocenters. The molecule has 1 heterocycles. The number of benzene rings is 2. The van der Waals surface area contributed by atoms with Crippen LogP contribution in [-0.2, 0) is 21.2 Å². The molecular weight excluding hydrogens is 430 g/mol. The lowest BCUT2D eigenvalue weighted by Gasteiger charge is -2.32. The van der Waals surface area contributed by atoms with Gasteiger partial charge < -0.3 is 9.47 Å². The van der Waals surface area contributed by atoms with Gasteiger partial charge in [-0.3, -0.25) is 4.79 Å². The zero-order valence-electron chi connectivity index (χ0n) is 18.7. The molecule has 0 radical (unpaired) electrons. The van der Waals surface area contributed by atoms with Crippen LogP contribution in [-0.4, -0.2) is 50.8 Å². The minimum Gasteiger partial charge on any atom is -0.495 e. The van der Waals surface area contributed by atoms with Crippen LogP contribution in [0.15, 0.2) is 47.4 Å². The van der Waals surface area contributed by atoms with E-state index in [0.29, 0.717) is 12.1 Å². The molecule has 0 aliphatic carbocycles. The summed E-state index contributed by atoms with van der Waals surface area (Å²) in [5.41, 5.74) is 1.60. The van der Waals surface area contributed by atoms with E-state index in [0.717, 1.165) is 31.2 Å². The predicted molar refractivity (Wildman–Crippen MR) is 121 cm³/mol. The predicted octanol–water partition coefficient (Wildman–Crippen LogP) is 3.86. The van der Waals surface area contributed by atoms with Crippen molar-refractivity contribution >= 4 is 21.8 Å². The number of piperidine rings is 1.